The lowest BCUT2D eigenvalue weighted by Crippen LogP contribution is -2.52. The molecule has 0 saturated carbocycles. The minimum Gasteiger partial charge on any atom is -0.487 e. The van der Waals surface area contributed by atoms with Crippen molar-refractivity contribution in [3.05, 3.63) is 77.1 Å². The zero-order valence-corrected chi connectivity index (χ0v) is 19.0. The van der Waals surface area contributed by atoms with Crippen LogP contribution in [0.1, 0.15) is 46.1 Å². The van der Waals surface area contributed by atoms with Crippen LogP contribution in [0.4, 0.5) is 0 Å². The maximum Gasteiger partial charge on any atom is 0.255 e. The van der Waals surface area contributed by atoms with Gasteiger partial charge in [-0.2, -0.15) is 0 Å². The minimum atomic E-state index is -0.680. The van der Waals surface area contributed by atoms with Crippen LogP contribution in [0.15, 0.2) is 54.7 Å². The lowest BCUT2D eigenvalue weighted by molar-refractivity contribution is -0.136. The number of amides is 3. The Hall–Kier alpha value is -4.05. The van der Waals surface area contributed by atoms with Gasteiger partial charge in [0.15, 0.2) is 0 Å². The third-order valence-electron chi connectivity index (χ3n) is 6.37. The Balaban J connectivity index is 1.26. The molecule has 3 amide bonds. The number of imide groups is 1. The van der Waals surface area contributed by atoms with Crippen molar-refractivity contribution in [2.45, 2.75) is 44.5 Å². The van der Waals surface area contributed by atoms with Gasteiger partial charge in [-0.05, 0) is 30.5 Å². The quantitative estimate of drug-likeness (QED) is 0.472. The van der Waals surface area contributed by atoms with E-state index >= 15 is 0 Å². The molecule has 0 bridgehead atoms. The molecule has 0 spiro atoms. The number of carbonyl (C=O) groups is 3. The Kier molecular flexibility index (Phi) is 6.28. The number of hydrogen-bond donors (Lipinski definition) is 2. The number of aromatic nitrogens is 3. The number of ether oxygens (including phenoxy) is 1. The first kappa shape index (κ1) is 22.7. The Morgan fingerprint density at radius 3 is 2.71 bits per heavy atom. The molecule has 1 aromatic heterocycles. The monoisotopic (exact) mass is 475 g/mol. The highest BCUT2D eigenvalue weighted by atomic mass is 16.5. The smallest absolute Gasteiger partial charge is 0.255 e. The first-order chi connectivity index (χ1) is 17.0. The van der Waals surface area contributed by atoms with Crippen molar-refractivity contribution in [3.8, 4) is 5.75 Å². The number of benzene rings is 2. The predicted molar refractivity (Wildman–Crippen MR) is 123 cm³/mol. The minimum absolute atomic E-state index is 0.0803. The molecule has 2 atom stereocenters. The van der Waals surface area contributed by atoms with Gasteiger partial charge >= 0.3 is 0 Å². The van der Waals surface area contributed by atoms with Crippen molar-refractivity contribution in [1.82, 2.24) is 25.2 Å². The molecule has 2 aliphatic rings. The van der Waals surface area contributed by atoms with Crippen molar-refractivity contribution in [1.29, 1.82) is 0 Å². The third kappa shape index (κ3) is 4.65. The maximum atomic E-state index is 13.0. The van der Waals surface area contributed by atoms with Crippen LogP contribution in [0.3, 0.4) is 0 Å². The van der Waals surface area contributed by atoms with Crippen molar-refractivity contribution in [2.24, 2.45) is 0 Å². The topological polar surface area (TPSA) is 127 Å². The summed E-state index contributed by atoms with van der Waals surface area (Å²) in [5.74, 6) is -0.490. The van der Waals surface area contributed by atoms with E-state index in [1.165, 1.54) is 4.90 Å². The largest absolute Gasteiger partial charge is 0.487 e. The van der Waals surface area contributed by atoms with Gasteiger partial charge in [-0.15, -0.1) is 5.10 Å². The van der Waals surface area contributed by atoms with Crippen molar-refractivity contribution in [3.63, 3.8) is 0 Å². The summed E-state index contributed by atoms with van der Waals surface area (Å²) in [6.45, 7) is 0.280. The van der Waals surface area contributed by atoms with Gasteiger partial charge < -0.3 is 14.7 Å². The number of piperidine rings is 1. The fourth-order valence-electron chi connectivity index (χ4n) is 4.53. The summed E-state index contributed by atoms with van der Waals surface area (Å²) in [7, 11) is 0. The summed E-state index contributed by atoms with van der Waals surface area (Å²) in [6.07, 6.45) is 2.87. The highest BCUT2D eigenvalue weighted by Crippen LogP contribution is 2.33. The summed E-state index contributed by atoms with van der Waals surface area (Å²) in [6, 6.07) is 14.1. The van der Waals surface area contributed by atoms with Crippen molar-refractivity contribution >= 4 is 17.7 Å². The van der Waals surface area contributed by atoms with Crippen LogP contribution in [-0.4, -0.2) is 55.4 Å². The molecule has 35 heavy (non-hydrogen) atoms. The Morgan fingerprint density at radius 2 is 1.94 bits per heavy atom. The number of rotatable bonds is 8. The Bertz CT molecular complexity index is 1260. The number of aliphatic hydroxyl groups is 1. The zero-order chi connectivity index (χ0) is 24.4. The van der Waals surface area contributed by atoms with E-state index in [-0.39, 0.29) is 44.0 Å². The summed E-state index contributed by atoms with van der Waals surface area (Å²) >= 11 is 0. The van der Waals surface area contributed by atoms with E-state index in [4.69, 9.17) is 4.74 Å². The number of aliphatic hydroxyl groups excluding tert-OH is 1. The molecule has 3 aromatic rings. The van der Waals surface area contributed by atoms with Crippen LogP contribution in [0, 0.1) is 0 Å². The molecule has 0 aliphatic carbocycles. The molecule has 10 heteroatoms. The highest BCUT2D eigenvalue weighted by molar-refractivity contribution is 6.05. The molecule has 1 unspecified atom stereocenters. The van der Waals surface area contributed by atoms with Crippen LogP contribution in [0.2, 0.25) is 0 Å². The molecule has 10 nitrogen and oxygen atoms in total. The van der Waals surface area contributed by atoms with Gasteiger partial charge in [0.1, 0.15) is 24.1 Å². The number of carbonyl (C=O) groups excluding carboxylic acids is 3. The van der Waals surface area contributed by atoms with Crippen LogP contribution in [0.5, 0.6) is 5.75 Å². The average Bonchev–Trinajstić information content (AvgIpc) is 3.47. The van der Waals surface area contributed by atoms with E-state index in [9.17, 15) is 19.5 Å². The van der Waals surface area contributed by atoms with E-state index in [0.29, 0.717) is 35.4 Å². The second kappa shape index (κ2) is 9.67. The molecule has 2 aliphatic heterocycles. The Morgan fingerprint density at radius 1 is 1.11 bits per heavy atom. The van der Waals surface area contributed by atoms with Gasteiger partial charge in [0.2, 0.25) is 11.8 Å². The lowest BCUT2D eigenvalue weighted by Gasteiger charge is -2.29. The van der Waals surface area contributed by atoms with E-state index in [0.717, 1.165) is 5.56 Å². The first-order valence-electron chi connectivity index (χ1n) is 11.5. The summed E-state index contributed by atoms with van der Waals surface area (Å²) in [4.78, 5) is 38.2. The average molecular weight is 476 g/mol. The van der Waals surface area contributed by atoms with E-state index in [1.807, 2.05) is 30.3 Å². The zero-order valence-electron chi connectivity index (χ0n) is 19.0. The van der Waals surface area contributed by atoms with E-state index in [2.05, 4.69) is 15.6 Å². The summed E-state index contributed by atoms with van der Waals surface area (Å²) in [5.41, 5.74) is 2.86. The SMILES string of the molecule is O=C1CCC(N2Cc3c(OCc4cn([C@H](CO)Cc5ccccc5)nn4)cccc3C2=O)C(=O)N1. The van der Waals surface area contributed by atoms with E-state index < -0.39 is 11.9 Å². The van der Waals surface area contributed by atoms with Crippen LogP contribution in [0.25, 0.3) is 0 Å². The Labute approximate surface area is 201 Å². The number of fused-ring (bicyclic) bond motifs is 1. The standard InChI is InChI=1S/C25H25N5O5/c31-14-18(11-16-5-2-1-3-6-16)30-12-17(27-28-30)15-35-22-8-4-7-19-20(22)13-29(25(19)34)21-9-10-23(32)26-24(21)33/h1-8,12,18,21,31H,9-11,13-15H2,(H,26,32,33)/t18-,21?/m0/s1. The van der Waals surface area contributed by atoms with Gasteiger partial charge in [-0.1, -0.05) is 41.6 Å². The molecule has 2 N–H and O–H groups in total. The number of hydrogen-bond acceptors (Lipinski definition) is 7. The molecular formula is C25H25N5O5. The normalized spacial score (nSPS) is 18.4. The molecule has 180 valence electrons. The van der Waals surface area contributed by atoms with Gasteiger partial charge in [0.05, 0.1) is 25.4 Å². The fourth-order valence-corrected chi connectivity index (χ4v) is 4.53. The van der Waals surface area contributed by atoms with Gasteiger partial charge in [-0.3, -0.25) is 19.7 Å². The van der Waals surface area contributed by atoms with Gasteiger partial charge in [0.25, 0.3) is 5.91 Å². The van der Waals surface area contributed by atoms with Crippen molar-refractivity contribution in [2.75, 3.05) is 6.61 Å². The molecule has 2 aromatic carbocycles. The van der Waals surface area contributed by atoms with Gasteiger partial charge in [-0.25, -0.2) is 4.68 Å². The molecule has 1 saturated heterocycles. The second-order valence-electron chi connectivity index (χ2n) is 8.69. The lowest BCUT2D eigenvalue weighted by atomic mass is 10.0. The molecule has 5 rings (SSSR count). The predicted octanol–water partition coefficient (Wildman–Crippen LogP) is 1.39. The number of nitrogens with zero attached hydrogens (tertiary/aromatic N) is 4. The second-order valence-corrected chi connectivity index (χ2v) is 8.69. The number of nitrogens with one attached hydrogen (secondary N) is 1. The highest BCUT2D eigenvalue weighted by Gasteiger charge is 2.40. The maximum absolute atomic E-state index is 13.0. The summed E-state index contributed by atoms with van der Waals surface area (Å²) < 4.78 is 7.63. The van der Waals surface area contributed by atoms with Gasteiger partial charge in [0, 0.05) is 17.5 Å². The molecule has 1 fully saturated rings. The first-order valence-corrected chi connectivity index (χ1v) is 11.5. The van der Waals surface area contributed by atoms with E-state index in [1.54, 1.807) is 29.1 Å². The molecule has 0 radical (unpaired) electrons. The van der Waals surface area contributed by atoms with Crippen LogP contribution < -0.4 is 10.1 Å². The fraction of sp³-hybridized carbons (Fsp3) is 0.320. The molecule has 3 heterocycles. The molecular weight excluding hydrogens is 450 g/mol. The van der Waals surface area contributed by atoms with Crippen molar-refractivity contribution < 1.29 is 24.2 Å². The summed E-state index contributed by atoms with van der Waals surface area (Å²) in [5, 5.41) is 20.5. The third-order valence-corrected chi connectivity index (χ3v) is 6.37. The van der Waals surface area contributed by atoms with Crippen LogP contribution >= 0.6 is 0 Å². The van der Waals surface area contributed by atoms with Crippen LogP contribution in [-0.2, 0) is 29.2 Å².